The molecule has 10 heteroatoms. The van der Waals surface area contributed by atoms with E-state index >= 15 is 0 Å². The number of ether oxygens (including phenoxy) is 1. The molecule has 1 aromatic carbocycles. The Morgan fingerprint density at radius 3 is 2.71 bits per heavy atom. The van der Waals surface area contributed by atoms with Gasteiger partial charge in [0.15, 0.2) is 0 Å². The van der Waals surface area contributed by atoms with Gasteiger partial charge in [-0.15, -0.1) is 0 Å². The monoisotopic (exact) mass is 475 g/mol. The highest BCUT2D eigenvalue weighted by atomic mass is 79.9. The fourth-order valence-corrected chi connectivity index (χ4v) is 4.69. The molecule has 0 aromatic heterocycles. The summed E-state index contributed by atoms with van der Waals surface area (Å²) >= 11 is 3.21. The number of halogens is 1. The Hall–Kier alpha value is -1.49. The predicted molar refractivity (Wildman–Crippen MR) is 109 cm³/mol. The van der Waals surface area contributed by atoms with Gasteiger partial charge in [-0.25, -0.2) is 17.9 Å². The van der Waals surface area contributed by atoms with Crippen LogP contribution in [0.3, 0.4) is 0 Å². The summed E-state index contributed by atoms with van der Waals surface area (Å²) in [5, 5.41) is 0. The standard InChI is InChI=1S/C18H26BrN3O5S/c1-21(2)17(23)16-6-4-10-22(16)11-5-9-20-28(25,26)13-7-8-15(19)14(12-13)18(24)27-3/h7-8,12,16,20H,4-6,9-11H2,1-3H3. The Morgan fingerprint density at radius 2 is 2.07 bits per heavy atom. The lowest BCUT2D eigenvalue weighted by molar-refractivity contribution is -0.133. The first-order chi connectivity index (χ1) is 13.2. The molecule has 1 aliphatic heterocycles. The molecule has 8 nitrogen and oxygen atoms in total. The van der Waals surface area contributed by atoms with Crippen molar-refractivity contribution in [3.8, 4) is 0 Å². The number of sulfonamides is 1. The van der Waals surface area contributed by atoms with Crippen LogP contribution in [-0.2, 0) is 19.6 Å². The Bertz CT molecular complexity index is 829. The number of methoxy groups -OCH3 is 1. The van der Waals surface area contributed by atoms with E-state index in [1.165, 1.54) is 25.3 Å². The number of carbonyl (C=O) groups is 2. The molecule has 1 amide bonds. The Balaban J connectivity index is 1.94. The van der Waals surface area contributed by atoms with Gasteiger partial charge in [0.05, 0.1) is 23.6 Å². The van der Waals surface area contributed by atoms with Gasteiger partial charge >= 0.3 is 5.97 Å². The summed E-state index contributed by atoms with van der Waals surface area (Å²) in [5.74, 6) is -0.530. The topological polar surface area (TPSA) is 96.0 Å². The lowest BCUT2D eigenvalue weighted by atomic mass is 10.2. The van der Waals surface area contributed by atoms with Crippen LogP contribution in [0.4, 0.5) is 0 Å². The third kappa shape index (κ3) is 5.53. The summed E-state index contributed by atoms with van der Waals surface area (Å²) < 4.78 is 32.7. The van der Waals surface area contributed by atoms with Crippen molar-refractivity contribution in [3.63, 3.8) is 0 Å². The molecule has 0 spiro atoms. The van der Waals surface area contributed by atoms with Crippen LogP contribution in [0.5, 0.6) is 0 Å². The van der Waals surface area contributed by atoms with E-state index in [9.17, 15) is 18.0 Å². The maximum absolute atomic E-state index is 12.5. The summed E-state index contributed by atoms with van der Waals surface area (Å²) in [6, 6.07) is 4.08. The number of amides is 1. The van der Waals surface area contributed by atoms with Crippen LogP contribution in [0.2, 0.25) is 0 Å². The largest absolute Gasteiger partial charge is 0.465 e. The first kappa shape index (κ1) is 22.8. The van der Waals surface area contributed by atoms with E-state index in [1.807, 2.05) is 0 Å². The molecule has 1 heterocycles. The number of rotatable bonds is 8. The van der Waals surface area contributed by atoms with Crippen molar-refractivity contribution in [2.75, 3.05) is 40.8 Å². The van der Waals surface area contributed by atoms with E-state index in [-0.39, 0.29) is 29.0 Å². The van der Waals surface area contributed by atoms with E-state index in [1.54, 1.807) is 19.0 Å². The summed E-state index contributed by atoms with van der Waals surface area (Å²) in [5.41, 5.74) is 0.146. The smallest absolute Gasteiger partial charge is 0.339 e. The molecule has 0 bridgehead atoms. The molecule has 1 aromatic rings. The zero-order chi connectivity index (χ0) is 20.9. The molecular formula is C18H26BrN3O5S. The highest BCUT2D eigenvalue weighted by molar-refractivity contribution is 9.10. The van der Waals surface area contributed by atoms with Crippen molar-refractivity contribution in [3.05, 3.63) is 28.2 Å². The molecule has 0 aliphatic carbocycles. The van der Waals surface area contributed by atoms with Crippen LogP contribution in [-0.4, -0.2) is 77.0 Å². The quantitative estimate of drug-likeness (QED) is 0.451. The van der Waals surface area contributed by atoms with Gasteiger partial charge in [0.2, 0.25) is 15.9 Å². The van der Waals surface area contributed by atoms with Crippen LogP contribution in [0.25, 0.3) is 0 Å². The van der Waals surface area contributed by atoms with Crippen molar-refractivity contribution in [1.82, 2.24) is 14.5 Å². The van der Waals surface area contributed by atoms with E-state index in [4.69, 9.17) is 0 Å². The number of carbonyl (C=O) groups excluding carboxylic acids is 2. The third-order valence-electron chi connectivity index (χ3n) is 4.66. The Morgan fingerprint density at radius 1 is 1.36 bits per heavy atom. The lowest BCUT2D eigenvalue weighted by Crippen LogP contribution is -2.43. The Kier molecular flexibility index (Phi) is 7.99. The summed E-state index contributed by atoms with van der Waals surface area (Å²) in [7, 11) is 0.972. The molecule has 1 atom stereocenters. The second-order valence-corrected chi connectivity index (χ2v) is 9.43. The minimum absolute atomic E-state index is 0.00191. The maximum atomic E-state index is 12.5. The maximum Gasteiger partial charge on any atom is 0.339 e. The van der Waals surface area contributed by atoms with E-state index in [0.29, 0.717) is 17.4 Å². The van der Waals surface area contributed by atoms with E-state index in [0.717, 1.165) is 19.4 Å². The molecule has 156 valence electrons. The van der Waals surface area contributed by atoms with Crippen LogP contribution in [0, 0.1) is 0 Å². The van der Waals surface area contributed by atoms with Crippen molar-refractivity contribution in [1.29, 1.82) is 0 Å². The first-order valence-corrected chi connectivity index (χ1v) is 11.3. The van der Waals surface area contributed by atoms with Gasteiger partial charge in [-0.1, -0.05) is 0 Å². The van der Waals surface area contributed by atoms with Gasteiger partial charge in [0.1, 0.15) is 0 Å². The first-order valence-electron chi connectivity index (χ1n) is 9.00. The second kappa shape index (κ2) is 9.82. The number of hydrogen-bond donors (Lipinski definition) is 1. The average molecular weight is 476 g/mol. The highest BCUT2D eigenvalue weighted by Gasteiger charge is 2.31. The number of likely N-dealkylation sites (N-methyl/N-ethyl adjacent to an activating group) is 1. The molecule has 1 saturated heterocycles. The minimum Gasteiger partial charge on any atom is -0.465 e. The molecular weight excluding hydrogens is 450 g/mol. The van der Waals surface area contributed by atoms with Crippen LogP contribution >= 0.6 is 15.9 Å². The van der Waals surface area contributed by atoms with Crippen molar-refractivity contribution < 1.29 is 22.7 Å². The van der Waals surface area contributed by atoms with E-state index < -0.39 is 16.0 Å². The SMILES string of the molecule is COC(=O)c1cc(S(=O)(=O)NCCCN2CCCC2C(=O)N(C)C)ccc1Br. The molecule has 28 heavy (non-hydrogen) atoms. The fraction of sp³-hybridized carbons (Fsp3) is 0.556. The zero-order valence-corrected chi connectivity index (χ0v) is 18.7. The molecule has 0 saturated carbocycles. The molecule has 0 radical (unpaired) electrons. The van der Waals surface area contributed by atoms with Gasteiger partial charge in [-0.2, -0.15) is 0 Å². The summed E-state index contributed by atoms with van der Waals surface area (Å²) in [6.07, 6.45) is 2.37. The molecule has 1 fully saturated rings. The van der Waals surface area contributed by atoms with Crippen molar-refractivity contribution in [2.24, 2.45) is 0 Å². The highest BCUT2D eigenvalue weighted by Crippen LogP contribution is 2.22. The molecule has 2 rings (SSSR count). The summed E-state index contributed by atoms with van der Waals surface area (Å²) in [4.78, 5) is 27.6. The predicted octanol–water partition coefficient (Wildman–Crippen LogP) is 1.46. The number of likely N-dealkylation sites (tertiary alicyclic amines) is 1. The third-order valence-corrected chi connectivity index (χ3v) is 6.81. The number of hydrogen-bond acceptors (Lipinski definition) is 6. The van der Waals surface area contributed by atoms with Crippen LogP contribution in [0.1, 0.15) is 29.6 Å². The second-order valence-electron chi connectivity index (χ2n) is 6.81. The molecule has 1 N–H and O–H groups in total. The Labute approximate surface area is 174 Å². The van der Waals surface area contributed by atoms with Crippen LogP contribution in [0.15, 0.2) is 27.6 Å². The van der Waals surface area contributed by atoms with Gasteiger partial charge < -0.3 is 9.64 Å². The van der Waals surface area contributed by atoms with Gasteiger partial charge in [-0.05, 0) is 59.9 Å². The number of esters is 1. The number of nitrogens with zero attached hydrogens (tertiary/aromatic N) is 2. The average Bonchev–Trinajstić information content (AvgIpc) is 3.12. The number of benzene rings is 1. The van der Waals surface area contributed by atoms with E-state index in [2.05, 4.69) is 30.3 Å². The van der Waals surface area contributed by atoms with Crippen molar-refractivity contribution >= 4 is 37.8 Å². The lowest BCUT2D eigenvalue weighted by Gasteiger charge is -2.26. The number of nitrogens with one attached hydrogen (secondary N) is 1. The van der Waals surface area contributed by atoms with Gasteiger partial charge in [-0.3, -0.25) is 9.69 Å². The molecule has 1 unspecified atom stereocenters. The molecule has 1 aliphatic rings. The van der Waals surface area contributed by atoms with Crippen LogP contribution < -0.4 is 4.72 Å². The fourth-order valence-electron chi connectivity index (χ4n) is 3.18. The minimum atomic E-state index is -3.75. The van der Waals surface area contributed by atoms with Gasteiger partial charge in [0.25, 0.3) is 0 Å². The normalized spacial score (nSPS) is 17.5. The van der Waals surface area contributed by atoms with Crippen molar-refractivity contribution in [2.45, 2.75) is 30.2 Å². The van der Waals surface area contributed by atoms with Gasteiger partial charge in [0, 0.05) is 31.7 Å². The zero-order valence-electron chi connectivity index (χ0n) is 16.3. The summed E-state index contributed by atoms with van der Waals surface area (Å²) in [6.45, 7) is 1.72.